The Hall–Kier alpha value is -1.04. The van der Waals surface area contributed by atoms with E-state index in [2.05, 4.69) is 69.7 Å². The molecule has 2 aliphatic rings. The van der Waals surface area contributed by atoms with E-state index in [1.54, 1.807) is 0 Å². The number of nitrogens with one attached hydrogen (secondary N) is 1. The highest BCUT2D eigenvalue weighted by molar-refractivity contribution is 7.99. The van der Waals surface area contributed by atoms with E-state index < -0.39 is 0 Å². The lowest BCUT2D eigenvalue weighted by Crippen LogP contribution is -2.49. The van der Waals surface area contributed by atoms with Crippen molar-refractivity contribution in [2.24, 2.45) is 0 Å². The highest BCUT2D eigenvalue weighted by Crippen LogP contribution is 2.28. The molecule has 0 saturated carbocycles. The molecule has 26 heavy (non-hydrogen) atoms. The Balaban J connectivity index is 0.00000196. The number of benzene rings is 2. The van der Waals surface area contributed by atoms with E-state index in [0.717, 1.165) is 25.7 Å². The van der Waals surface area contributed by atoms with Crippen LogP contribution in [0.1, 0.15) is 12.0 Å². The van der Waals surface area contributed by atoms with Crippen LogP contribution in [0, 0.1) is 0 Å². The largest absolute Gasteiger partial charge is 0.314 e. The second kappa shape index (κ2) is 9.77. The molecule has 2 aromatic carbocycles. The van der Waals surface area contributed by atoms with E-state index in [9.17, 15) is 0 Å². The molecular formula is C21H28ClN3S. The molecule has 3 nitrogen and oxygen atoms in total. The van der Waals surface area contributed by atoms with E-state index >= 15 is 0 Å². The van der Waals surface area contributed by atoms with Crippen molar-refractivity contribution in [1.82, 2.24) is 15.1 Å². The van der Waals surface area contributed by atoms with Crippen LogP contribution >= 0.6 is 24.2 Å². The molecular weight excluding hydrogens is 362 g/mol. The van der Waals surface area contributed by atoms with Crippen molar-refractivity contribution in [3.8, 4) is 0 Å². The van der Waals surface area contributed by atoms with Gasteiger partial charge in [0.15, 0.2) is 0 Å². The molecule has 0 aromatic heterocycles. The second-order valence-electron chi connectivity index (χ2n) is 7.02. The van der Waals surface area contributed by atoms with Crippen LogP contribution in [-0.2, 0) is 6.54 Å². The van der Waals surface area contributed by atoms with Gasteiger partial charge in [-0.2, -0.15) is 0 Å². The minimum atomic E-state index is 0. The molecule has 1 N–H and O–H groups in total. The van der Waals surface area contributed by atoms with Crippen molar-refractivity contribution in [2.75, 3.05) is 39.3 Å². The third-order valence-corrected chi connectivity index (χ3v) is 6.24. The summed E-state index contributed by atoms with van der Waals surface area (Å²) in [4.78, 5) is 7.91. The maximum Gasteiger partial charge on any atom is 0.0236 e. The van der Waals surface area contributed by atoms with Crippen LogP contribution in [0.15, 0.2) is 64.4 Å². The molecule has 0 spiro atoms. The summed E-state index contributed by atoms with van der Waals surface area (Å²) in [5.41, 5.74) is 1.43. The summed E-state index contributed by atoms with van der Waals surface area (Å²) in [5.74, 6) is 0. The summed E-state index contributed by atoms with van der Waals surface area (Å²) < 4.78 is 0. The van der Waals surface area contributed by atoms with E-state index in [0.29, 0.717) is 0 Å². The van der Waals surface area contributed by atoms with Crippen molar-refractivity contribution in [3.63, 3.8) is 0 Å². The van der Waals surface area contributed by atoms with Gasteiger partial charge in [0.05, 0.1) is 0 Å². The van der Waals surface area contributed by atoms with Crippen LogP contribution in [0.25, 0.3) is 0 Å². The Morgan fingerprint density at radius 3 is 2.31 bits per heavy atom. The van der Waals surface area contributed by atoms with Gasteiger partial charge in [-0.25, -0.2) is 0 Å². The van der Waals surface area contributed by atoms with Crippen molar-refractivity contribution >= 4 is 24.2 Å². The number of rotatable bonds is 5. The fourth-order valence-corrected chi connectivity index (χ4v) is 4.68. The summed E-state index contributed by atoms with van der Waals surface area (Å²) in [6.45, 7) is 8.26. The van der Waals surface area contributed by atoms with E-state index in [4.69, 9.17) is 0 Å². The molecule has 4 rings (SSSR count). The van der Waals surface area contributed by atoms with Gasteiger partial charge >= 0.3 is 0 Å². The number of halogens is 1. The summed E-state index contributed by atoms with van der Waals surface area (Å²) in [6.07, 6.45) is 1.32. The lowest BCUT2D eigenvalue weighted by molar-refractivity contribution is 0.170. The summed E-state index contributed by atoms with van der Waals surface area (Å²) in [7, 11) is 0. The molecule has 5 heteroatoms. The molecule has 140 valence electrons. The quantitative estimate of drug-likeness (QED) is 0.839. The number of likely N-dealkylation sites (tertiary alicyclic amines) is 1. The first-order valence-corrected chi connectivity index (χ1v) is 10.2. The molecule has 2 fully saturated rings. The third kappa shape index (κ3) is 5.24. The van der Waals surface area contributed by atoms with E-state index in [1.807, 2.05) is 11.8 Å². The fourth-order valence-electron chi connectivity index (χ4n) is 3.85. The number of hydrogen-bond acceptors (Lipinski definition) is 4. The van der Waals surface area contributed by atoms with Crippen molar-refractivity contribution < 1.29 is 0 Å². The normalized spacial score (nSPS) is 21.5. The predicted molar refractivity (Wildman–Crippen MR) is 112 cm³/mol. The van der Waals surface area contributed by atoms with Crippen LogP contribution in [0.5, 0.6) is 0 Å². The molecule has 0 radical (unpaired) electrons. The Morgan fingerprint density at radius 2 is 1.58 bits per heavy atom. The highest BCUT2D eigenvalue weighted by atomic mass is 35.5. The average Bonchev–Trinajstić information content (AvgIpc) is 3.14. The Kier molecular flexibility index (Phi) is 7.41. The molecule has 2 aromatic rings. The van der Waals surface area contributed by atoms with E-state index in [1.165, 1.54) is 48.0 Å². The van der Waals surface area contributed by atoms with Gasteiger partial charge in [-0.1, -0.05) is 42.1 Å². The van der Waals surface area contributed by atoms with Crippen molar-refractivity contribution in [1.29, 1.82) is 0 Å². The molecule has 1 unspecified atom stereocenters. The Labute approximate surface area is 167 Å². The number of piperazine rings is 1. The zero-order valence-corrected chi connectivity index (χ0v) is 16.8. The lowest BCUT2D eigenvalue weighted by atomic mass is 10.2. The predicted octanol–water partition coefficient (Wildman–Crippen LogP) is 3.74. The summed E-state index contributed by atoms with van der Waals surface area (Å²) in [6, 6.07) is 20.5. The van der Waals surface area contributed by atoms with Gasteiger partial charge in [-0.05, 0) is 36.2 Å². The van der Waals surface area contributed by atoms with Crippen LogP contribution in [0.4, 0.5) is 0 Å². The van der Waals surface area contributed by atoms with Gasteiger partial charge in [0, 0.05) is 61.6 Å². The van der Waals surface area contributed by atoms with E-state index in [-0.39, 0.29) is 12.4 Å². The zero-order valence-electron chi connectivity index (χ0n) is 15.1. The van der Waals surface area contributed by atoms with Crippen LogP contribution in [-0.4, -0.2) is 55.1 Å². The van der Waals surface area contributed by atoms with Gasteiger partial charge in [0.1, 0.15) is 0 Å². The van der Waals surface area contributed by atoms with Gasteiger partial charge < -0.3 is 5.32 Å². The van der Waals surface area contributed by atoms with Gasteiger partial charge in [-0.3, -0.25) is 9.80 Å². The number of nitrogens with zero attached hydrogens (tertiary/aromatic N) is 2. The first-order valence-electron chi connectivity index (χ1n) is 9.36. The number of hydrogen-bond donors (Lipinski definition) is 1. The minimum absolute atomic E-state index is 0. The lowest BCUT2D eigenvalue weighted by Gasteiger charge is -2.32. The molecule has 0 amide bonds. The first-order chi connectivity index (χ1) is 12.4. The maximum absolute atomic E-state index is 3.45. The molecule has 0 bridgehead atoms. The van der Waals surface area contributed by atoms with Crippen LogP contribution in [0.3, 0.4) is 0 Å². The standard InChI is InChI=1S/C21H27N3S.ClH/c1-2-4-20(5-3-1)25-21-8-6-18(7-9-21)16-23-13-10-19(17-23)24-14-11-22-12-15-24;/h1-9,19,22H,10-17H2;1H. The van der Waals surface area contributed by atoms with Crippen LogP contribution in [0.2, 0.25) is 0 Å². The second-order valence-corrected chi connectivity index (χ2v) is 8.17. The first kappa shape index (κ1) is 19.7. The van der Waals surface area contributed by atoms with Crippen molar-refractivity contribution in [2.45, 2.75) is 28.8 Å². The SMILES string of the molecule is Cl.c1ccc(Sc2ccc(CN3CCC(N4CCNCC4)C3)cc2)cc1. The topological polar surface area (TPSA) is 18.5 Å². The average molecular weight is 390 g/mol. The summed E-state index contributed by atoms with van der Waals surface area (Å²) in [5, 5.41) is 3.45. The molecule has 2 heterocycles. The van der Waals surface area contributed by atoms with Gasteiger partial charge in [0.2, 0.25) is 0 Å². The molecule has 0 aliphatic carbocycles. The highest BCUT2D eigenvalue weighted by Gasteiger charge is 2.28. The maximum atomic E-state index is 3.45. The monoisotopic (exact) mass is 389 g/mol. The van der Waals surface area contributed by atoms with Crippen molar-refractivity contribution in [3.05, 3.63) is 60.2 Å². The molecule has 1 atom stereocenters. The van der Waals surface area contributed by atoms with Gasteiger partial charge in [0.25, 0.3) is 0 Å². The fraction of sp³-hybridized carbons (Fsp3) is 0.429. The smallest absolute Gasteiger partial charge is 0.0236 e. The third-order valence-electron chi connectivity index (χ3n) is 5.22. The zero-order chi connectivity index (χ0) is 16.9. The van der Waals surface area contributed by atoms with Gasteiger partial charge in [-0.15, -0.1) is 12.4 Å². The minimum Gasteiger partial charge on any atom is -0.314 e. The molecule has 2 aliphatic heterocycles. The summed E-state index contributed by atoms with van der Waals surface area (Å²) >= 11 is 1.83. The van der Waals surface area contributed by atoms with Crippen LogP contribution < -0.4 is 5.32 Å². The molecule has 2 saturated heterocycles. The Morgan fingerprint density at radius 1 is 0.885 bits per heavy atom. The Bertz CT molecular complexity index is 659.